The molecule has 18 heavy (non-hydrogen) atoms. The van der Waals surface area contributed by atoms with E-state index < -0.39 is 6.10 Å². The number of para-hydroxylation sites is 1. The molecule has 0 saturated carbocycles. The van der Waals surface area contributed by atoms with E-state index in [0.29, 0.717) is 17.1 Å². The summed E-state index contributed by atoms with van der Waals surface area (Å²) in [7, 11) is 0. The summed E-state index contributed by atoms with van der Waals surface area (Å²) in [6, 6.07) is 14.1. The lowest BCUT2D eigenvalue weighted by Gasteiger charge is -2.12. The summed E-state index contributed by atoms with van der Waals surface area (Å²) in [5, 5.41) is 9.64. The molecule has 2 rings (SSSR count). The average Bonchev–Trinajstić information content (AvgIpc) is 2.40. The number of carbonyl (C=O) groups is 1. The largest absolute Gasteiger partial charge is 0.457 e. The summed E-state index contributed by atoms with van der Waals surface area (Å²) < 4.78 is 5.69. The first-order valence-electron chi connectivity index (χ1n) is 5.71. The van der Waals surface area contributed by atoms with Crippen LogP contribution in [0.15, 0.2) is 48.5 Å². The van der Waals surface area contributed by atoms with Crippen LogP contribution in [0.25, 0.3) is 0 Å². The average molecular weight is 242 g/mol. The third kappa shape index (κ3) is 2.76. The van der Waals surface area contributed by atoms with Gasteiger partial charge in [-0.2, -0.15) is 0 Å². The van der Waals surface area contributed by atoms with Crippen molar-refractivity contribution in [2.75, 3.05) is 0 Å². The van der Waals surface area contributed by atoms with Crippen LogP contribution in [-0.2, 0) is 0 Å². The van der Waals surface area contributed by atoms with Gasteiger partial charge in [-0.25, -0.2) is 0 Å². The third-order valence-electron chi connectivity index (χ3n) is 2.61. The van der Waals surface area contributed by atoms with Gasteiger partial charge in [-0.1, -0.05) is 18.2 Å². The lowest BCUT2D eigenvalue weighted by molar-refractivity contribution is 0.112. The lowest BCUT2D eigenvalue weighted by atomic mass is 10.1. The van der Waals surface area contributed by atoms with Gasteiger partial charge in [0.2, 0.25) is 0 Å². The summed E-state index contributed by atoms with van der Waals surface area (Å²) in [5.41, 5.74) is 1.34. The van der Waals surface area contributed by atoms with Crippen LogP contribution in [0.2, 0.25) is 0 Å². The van der Waals surface area contributed by atoms with Crippen LogP contribution in [0.3, 0.4) is 0 Å². The highest BCUT2D eigenvalue weighted by atomic mass is 16.5. The van der Waals surface area contributed by atoms with Crippen molar-refractivity contribution in [1.29, 1.82) is 0 Å². The van der Waals surface area contributed by atoms with Crippen molar-refractivity contribution in [3.8, 4) is 11.5 Å². The van der Waals surface area contributed by atoms with Gasteiger partial charge in [0.25, 0.3) is 0 Å². The molecule has 2 aromatic rings. The van der Waals surface area contributed by atoms with Crippen molar-refractivity contribution in [2.45, 2.75) is 13.0 Å². The van der Waals surface area contributed by atoms with Crippen LogP contribution >= 0.6 is 0 Å². The molecule has 0 unspecified atom stereocenters. The topological polar surface area (TPSA) is 46.5 Å². The molecule has 3 heteroatoms. The normalized spacial score (nSPS) is 11.9. The van der Waals surface area contributed by atoms with Crippen LogP contribution in [0.1, 0.15) is 28.9 Å². The highest BCUT2D eigenvalue weighted by molar-refractivity contribution is 5.74. The van der Waals surface area contributed by atoms with Crippen molar-refractivity contribution < 1.29 is 14.6 Å². The number of carbonyl (C=O) groups excluding carboxylic acids is 1. The maximum Gasteiger partial charge on any atom is 0.150 e. The molecule has 1 atom stereocenters. The standard InChI is InChI=1S/C15H14O3/c1-11(17)14-4-2-3-5-15(14)18-13-8-6-12(10-16)7-9-13/h2-11,17H,1H3/t11-/m1/s1. The van der Waals surface area contributed by atoms with Gasteiger partial charge in [0.15, 0.2) is 0 Å². The Balaban J connectivity index is 2.25. The monoisotopic (exact) mass is 242 g/mol. The van der Waals surface area contributed by atoms with Gasteiger partial charge in [0.1, 0.15) is 17.8 Å². The predicted octanol–water partition coefficient (Wildman–Crippen LogP) is 3.34. The summed E-state index contributed by atoms with van der Waals surface area (Å²) in [5.74, 6) is 1.25. The van der Waals surface area contributed by atoms with Crippen LogP contribution in [0.4, 0.5) is 0 Å². The number of aliphatic hydroxyl groups excluding tert-OH is 1. The summed E-state index contributed by atoms with van der Waals surface area (Å²) in [6.07, 6.45) is 0.198. The Labute approximate surface area is 106 Å². The van der Waals surface area contributed by atoms with E-state index in [0.717, 1.165) is 11.8 Å². The quantitative estimate of drug-likeness (QED) is 0.836. The van der Waals surface area contributed by atoms with Crippen LogP contribution in [-0.4, -0.2) is 11.4 Å². The molecule has 3 nitrogen and oxygen atoms in total. The van der Waals surface area contributed by atoms with E-state index in [1.165, 1.54) is 0 Å². The fourth-order valence-electron chi connectivity index (χ4n) is 1.66. The van der Waals surface area contributed by atoms with Crippen LogP contribution in [0.5, 0.6) is 11.5 Å². The molecule has 0 amide bonds. The maximum atomic E-state index is 10.5. The van der Waals surface area contributed by atoms with Gasteiger partial charge in [0.05, 0.1) is 6.10 Å². The van der Waals surface area contributed by atoms with Gasteiger partial charge in [-0.15, -0.1) is 0 Å². The highest BCUT2D eigenvalue weighted by Gasteiger charge is 2.08. The van der Waals surface area contributed by atoms with Crippen molar-refractivity contribution >= 4 is 6.29 Å². The number of aldehydes is 1. The maximum absolute atomic E-state index is 10.5. The minimum atomic E-state index is -0.588. The van der Waals surface area contributed by atoms with Gasteiger partial charge in [-0.3, -0.25) is 4.79 Å². The summed E-state index contributed by atoms with van der Waals surface area (Å²) >= 11 is 0. The molecule has 0 spiro atoms. The fourth-order valence-corrected chi connectivity index (χ4v) is 1.66. The molecule has 0 radical (unpaired) electrons. The Bertz CT molecular complexity index is 530. The van der Waals surface area contributed by atoms with Crippen LogP contribution < -0.4 is 4.74 Å². The van der Waals surface area contributed by atoms with E-state index in [-0.39, 0.29) is 0 Å². The second-order valence-corrected chi connectivity index (χ2v) is 4.00. The molecule has 0 saturated heterocycles. The minimum Gasteiger partial charge on any atom is -0.457 e. The van der Waals surface area contributed by atoms with E-state index in [1.54, 1.807) is 37.3 Å². The van der Waals surface area contributed by atoms with Crippen LogP contribution in [0, 0.1) is 0 Å². The Morgan fingerprint density at radius 3 is 2.39 bits per heavy atom. The third-order valence-corrected chi connectivity index (χ3v) is 2.61. The minimum absolute atomic E-state index is 0.588. The molecule has 2 aromatic carbocycles. The molecule has 0 bridgehead atoms. The van der Waals surface area contributed by atoms with Gasteiger partial charge in [0, 0.05) is 11.1 Å². The Kier molecular flexibility index (Phi) is 3.75. The van der Waals surface area contributed by atoms with Crippen molar-refractivity contribution in [3.63, 3.8) is 0 Å². The van der Waals surface area contributed by atoms with Crippen molar-refractivity contribution in [3.05, 3.63) is 59.7 Å². The van der Waals surface area contributed by atoms with Gasteiger partial charge in [-0.05, 0) is 37.3 Å². The second-order valence-electron chi connectivity index (χ2n) is 4.00. The number of rotatable bonds is 4. The Morgan fingerprint density at radius 2 is 1.78 bits per heavy atom. The number of ether oxygens (including phenoxy) is 1. The van der Waals surface area contributed by atoms with E-state index in [2.05, 4.69) is 0 Å². The van der Waals surface area contributed by atoms with E-state index >= 15 is 0 Å². The first-order valence-corrected chi connectivity index (χ1v) is 5.71. The molecule has 0 aromatic heterocycles. The molecule has 92 valence electrons. The number of hydrogen-bond donors (Lipinski definition) is 1. The Morgan fingerprint density at radius 1 is 1.11 bits per heavy atom. The van der Waals surface area contributed by atoms with Crippen molar-refractivity contribution in [2.24, 2.45) is 0 Å². The zero-order chi connectivity index (χ0) is 13.0. The molecule has 0 aliphatic rings. The van der Waals surface area contributed by atoms with E-state index in [9.17, 15) is 9.90 Å². The van der Waals surface area contributed by atoms with Gasteiger partial charge >= 0.3 is 0 Å². The molecule has 1 N–H and O–H groups in total. The Hall–Kier alpha value is -2.13. The zero-order valence-electron chi connectivity index (χ0n) is 10.0. The summed E-state index contributed by atoms with van der Waals surface area (Å²) in [4.78, 5) is 10.5. The second kappa shape index (κ2) is 5.47. The molecule has 0 aliphatic carbocycles. The first kappa shape index (κ1) is 12.3. The lowest BCUT2D eigenvalue weighted by Crippen LogP contribution is -1.95. The molecular formula is C15H14O3. The highest BCUT2D eigenvalue weighted by Crippen LogP contribution is 2.29. The smallest absolute Gasteiger partial charge is 0.150 e. The van der Waals surface area contributed by atoms with E-state index in [4.69, 9.17) is 4.74 Å². The van der Waals surface area contributed by atoms with Crippen molar-refractivity contribution in [1.82, 2.24) is 0 Å². The molecule has 0 aliphatic heterocycles. The molecule has 0 fully saturated rings. The molecule has 0 heterocycles. The summed E-state index contributed by atoms with van der Waals surface area (Å²) in [6.45, 7) is 1.69. The predicted molar refractivity (Wildman–Crippen MR) is 69.0 cm³/mol. The molecular weight excluding hydrogens is 228 g/mol. The first-order chi connectivity index (χ1) is 8.70. The number of benzene rings is 2. The number of aliphatic hydroxyl groups is 1. The zero-order valence-corrected chi connectivity index (χ0v) is 10.0. The number of hydrogen-bond acceptors (Lipinski definition) is 3. The fraction of sp³-hybridized carbons (Fsp3) is 0.133. The van der Waals surface area contributed by atoms with E-state index in [1.807, 2.05) is 18.2 Å². The van der Waals surface area contributed by atoms with Gasteiger partial charge < -0.3 is 9.84 Å². The SMILES string of the molecule is C[C@@H](O)c1ccccc1Oc1ccc(C=O)cc1.